The van der Waals surface area contributed by atoms with Crippen LogP contribution < -0.4 is 4.74 Å². The Bertz CT molecular complexity index is 947. The van der Waals surface area contributed by atoms with Crippen molar-refractivity contribution in [1.82, 2.24) is 9.97 Å². The summed E-state index contributed by atoms with van der Waals surface area (Å²) in [7, 11) is 0. The summed E-state index contributed by atoms with van der Waals surface area (Å²) in [5, 5.41) is 11.3. The fourth-order valence-electron chi connectivity index (χ4n) is 2.20. The van der Waals surface area contributed by atoms with Crippen molar-refractivity contribution in [3.05, 3.63) is 76.6 Å². The fraction of sp³-hybridized carbons (Fsp3) is 0.0588. The molecule has 0 saturated carbocycles. The molecule has 1 aromatic heterocycles. The Balaban J connectivity index is 1.97. The van der Waals surface area contributed by atoms with Gasteiger partial charge in [-0.05, 0) is 23.3 Å². The number of hydrogen-bond donors (Lipinski definition) is 0. The SMILES string of the molecule is O=[N+]([O-])c1cc(-c2ccccc2)ccc1Oc1nccc(C(F)(F)F)n1. The molecule has 26 heavy (non-hydrogen) atoms. The van der Waals surface area contributed by atoms with Gasteiger partial charge in [0, 0.05) is 12.3 Å². The highest BCUT2D eigenvalue weighted by Gasteiger charge is 2.33. The van der Waals surface area contributed by atoms with E-state index in [4.69, 9.17) is 4.74 Å². The molecule has 0 atom stereocenters. The van der Waals surface area contributed by atoms with Crippen molar-refractivity contribution in [2.75, 3.05) is 0 Å². The first-order valence-electron chi connectivity index (χ1n) is 7.26. The Labute approximate surface area is 145 Å². The van der Waals surface area contributed by atoms with E-state index < -0.39 is 28.5 Å². The Hall–Kier alpha value is -3.49. The molecule has 2 aromatic carbocycles. The lowest BCUT2D eigenvalue weighted by molar-refractivity contribution is -0.385. The highest BCUT2D eigenvalue weighted by molar-refractivity contribution is 5.68. The predicted molar refractivity (Wildman–Crippen MR) is 85.6 cm³/mol. The molecule has 0 fully saturated rings. The molecule has 0 aliphatic heterocycles. The number of aromatic nitrogens is 2. The summed E-state index contributed by atoms with van der Waals surface area (Å²) in [5.74, 6) is -0.256. The van der Waals surface area contributed by atoms with Gasteiger partial charge in [-0.2, -0.15) is 18.2 Å². The number of nitro benzene ring substituents is 1. The number of nitrogens with zero attached hydrogens (tertiary/aromatic N) is 3. The number of nitro groups is 1. The molecule has 0 saturated heterocycles. The van der Waals surface area contributed by atoms with Crippen LogP contribution in [0.4, 0.5) is 18.9 Å². The maximum Gasteiger partial charge on any atom is 0.433 e. The third kappa shape index (κ3) is 3.77. The second-order valence-electron chi connectivity index (χ2n) is 5.13. The second kappa shape index (κ2) is 6.79. The smallest absolute Gasteiger partial charge is 0.417 e. The lowest BCUT2D eigenvalue weighted by atomic mass is 10.1. The molecule has 0 spiro atoms. The average Bonchev–Trinajstić information content (AvgIpc) is 2.62. The molecular weight excluding hydrogens is 351 g/mol. The van der Waals surface area contributed by atoms with Gasteiger partial charge in [0.15, 0.2) is 5.69 Å². The van der Waals surface area contributed by atoms with E-state index >= 15 is 0 Å². The molecule has 3 rings (SSSR count). The minimum Gasteiger partial charge on any atom is -0.417 e. The molecule has 0 bridgehead atoms. The normalized spacial score (nSPS) is 11.2. The van der Waals surface area contributed by atoms with Gasteiger partial charge >= 0.3 is 17.9 Å². The van der Waals surface area contributed by atoms with Gasteiger partial charge < -0.3 is 4.74 Å². The Morgan fingerprint density at radius 1 is 1.00 bits per heavy atom. The van der Waals surface area contributed by atoms with Crippen molar-refractivity contribution in [2.45, 2.75) is 6.18 Å². The average molecular weight is 361 g/mol. The molecule has 6 nitrogen and oxygen atoms in total. The van der Waals surface area contributed by atoms with Crippen LogP contribution in [-0.4, -0.2) is 14.9 Å². The van der Waals surface area contributed by atoms with Gasteiger partial charge in [0.1, 0.15) is 0 Å². The van der Waals surface area contributed by atoms with Crippen LogP contribution in [0.3, 0.4) is 0 Å². The molecule has 0 aliphatic carbocycles. The van der Waals surface area contributed by atoms with E-state index in [1.807, 2.05) is 0 Å². The van der Waals surface area contributed by atoms with Gasteiger partial charge in [-0.15, -0.1) is 0 Å². The number of hydrogen-bond acceptors (Lipinski definition) is 5. The number of benzene rings is 2. The first kappa shape index (κ1) is 17.3. The summed E-state index contributed by atoms with van der Waals surface area (Å²) < 4.78 is 43.2. The van der Waals surface area contributed by atoms with Gasteiger partial charge in [0.2, 0.25) is 5.75 Å². The molecule has 0 radical (unpaired) electrons. The van der Waals surface area contributed by atoms with E-state index in [9.17, 15) is 23.3 Å². The molecule has 0 aliphatic rings. The molecular formula is C17H10F3N3O3. The van der Waals surface area contributed by atoms with Crippen molar-refractivity contribution in [1.29, 1.82) is 0 Å². The van der Waals surface area contributed by atoms with Crippen LogP contribution in [0.2, 0.25) is 0 Å². The Morgan fingerprint density at radius 2 is 1.73 bits per heavy atom. The van der Waals surface area contributed by atoms with Crippen molar-refractivity contribution in [3.63, 3.8) is 0 Å². The third-order valence-electron chi connectivity index (χ3n) is 3.39. The number of ether oxygens (including phenoxy) is 1. The van der Waals surface area contributed by atoms with E-state index in [0.29, 0.717) is 11.6 Å². The Morgan fingerprint density at radius 3 is 2.38 bits per heavy atom. The van der Waals surface area contributed by atoms with Crippen molar-refractivity contribution in [2.24, 2.45) is 0 Å². The predicted octanol–water partition coefficient (Wildman–Crippen LogP) is 4.86. The minimum atomic E-state index is -4.68. The molecule has 0 N–H and O–H groups in total. The van der Waals surface area contributed by atoms with Gasteiger partial charge in [-0.1, -0.05) is 36.4 Å². The van der Waals surface area contributed by atoms with Crippen LogP contribution in [0, 0.1) is 10.1 Å². The number of alkyl halides is 3. The van der Waals surface area contributed by atoms with Gasteiger partial charge in [-0.25, -0.2) is 4.98 Å². The molecule has 0 amide bonds. The largest absolute Gasteiger partial charge is 0.433 e. The summed E-state index contributed by atoms with van der Waals surface area (Å²) in [6.45, 7) is 0. The lowest BCUT2D eigenvalue weighted by Crippen LogP contribution is -2.09. The summed E-state index contributed by atoms with van der Waals surface area (Å²) >= 11 is 0. The highest BCUT2D eigenvalue weighted by atomic mass is 19.4. The summed E-state index contributed by atoms with van der Waals surface area (Å²) in [4.78, 5) is 17.5. The summed E-state index contributed by atoms with van der Waals surface area (Å²) in [6.07, 6.45) is -3.81. The van der Waals surface area contributed by atoms with Crippen molar-refractivity contribution >= 4 is 5.69 Å². The molecule has 9 heteroatoms. The topological polar surface area (TPSA) is 78.2 Å². The van der Waals surface area contributed by atoms with E-state index in [2.05, 4.69) is 9.97 Å². The molecule has 132 valence electrons. The number of rotatable bonds is 4. The maximum absolute atomic E-state index is 12.7. The Kier molecular flexibility index (Phi) is 4.53. The van der Waals surface area contributed by atoms with Gasteiger partial charge in [0.05, 0.1) is 4.92 Å². The van der Waals surface area contributed by atoms with Crippen LogP contribution in [-0.2, 0) is 6.18 Å². The maximum atomic E-state index is 12.7. The number of halogens is 3. The van der Waals surface area contributed by atoms with Crippen LogP contribution in [0.25, 0.3) is 11.1 Å². The van der Waals surface area contributed by atoms with Crippen molar-refractivity contribution in [3.8, 4) is 22.9 Å². The monoisotopic (exact) mass is 361 g/mol. The first-order valence-corrected chi connectivity index (χ1v) is 7.26. The van der Waals surface area contributed by atoms with Crippen LogP contribution in [0.15, 0.2) is 60.8 Å². The van der Waals surface area contributed by atoms with Crippen molar-refractivity contribution < 1.29 is 22.8 Å². The summed E-state index contributed by atoms with van der Waals surface area (Å²) in [6, 6.07) is 13.1. The highest BCUT2D eigenvalue weighted by Crippen LogP contribution is 2.35. The third-order valence-corrected chi connectivity index (χ3v) is 3.39. The quantitative estimate of drug-likeness (QED) is 0.490. The van der Waals surface area contributed by atoms with Crippen LogP contribution >= 0.6 is 0 Å². The summed E-state index contributed by atoms with van der Waals surface area (Å²) in [5.41, 5.74) is -0.300. The van der Waals surface area contributed by atoms with Crippen LogP contribution in [0.1, 0.15) is 5.69 Å². The zero-order valence-electron chi connectivity index (χ0n) is 13.0. The zero-order valence-corrected chi connectivity index (χ0v) is 13.0. The lowest BCUT2D eigenvalue weighted by Gasteiger charge is -2.09. The molecule has 1 heterocycles. The fourth-order valence-corrected chi connectivity index (χ4v) is 2.20. The van der Waals surface area contributed by atoms with Gasteiger partial charge in [-0.3, -0.25) is 10.1 Å². The second-order valence-corrected chi connectivity index (χ2v) is 5.13. The van der Waals surface area contributed by atoms with E-state index in [0.717, 1.165) is 11.8 Å². The minimum absolute atomic E-state index is 0.256. The molecule has 0 unspecified atom stereocenters. The first-order chi connectivity index (χ1) is 12.3. The molecule has 3 aromatic rings. The van der Waals surface area contributed by atoms with Gasteiger partial charge in [0.25, 0.3) is 0 Å². The standard InChI is InChI=1S/C17H10F3N3O3/c18-17(19,20)15-8-9-21-16(22-15)26-14-7-6-12(10-13(14)23(24)25)11-4-2-1-3-5-11/h1-10H. The zero-order chi connectivity index (χ0) is 18.7. The van der Waals surface area contributed by atoms with E-state index in [1.165, 1.54) is 12.1 Å². The van der Waals surface area contributed by atoms with Crippen LogP contribution in [0.5, 0.6) is 11.8 Å². The van der Waals surface area contributed by atoms with E-state index in [-0.39, 0.29) is 5.75 Å². The van der Waals surface area contributed by atoms with E-state index in [1.54, 1.807) is 36.4 Å².